The molecule has 0 saturated carbocycles. The Labute approximate surface area is 202 Å². The molecule has 0 unspecified atom stereocenters. The Kier molecular flexibility index (Phi) is 7.32. The van der Waals surface area contributed by atoms with Crippen molar-refractivity contribution >= 4 is 50.5 Å². The number of thiazole rings is 1. The lowest BCUT2D eigenvalue weighted by Crippen LogP contribution is -2.34. The lowest BCUT2D eigenvalue weighted by molar-refractivity contribution is 0.0977. The van der Waals surface area contributed by atoms with Crippen LogP contribution in [-0.4, -0.2) is 22.6 Å². The molecule has 7 heteroatoms. The van der Waals surface area contributed by atoms with Crippen molar-refractivity contribution in [2.75, 3.05) is 11.9 Å². The number of para-hydroxylation sites is 1. The van der Waals surface area contributed by atoms with Crippen molar-refractivity contribution in [3.63, 3.8) is 0 Å². The summed E-state index contributed by atoms with van der Waals surface area (Å²) in [6.45, 7) is 4.79. The number of carbonyl (C=O) groups is 1. The molecule has 0 aliphatic carbocycles. The summed E-state index contributed by atoms with van der Waals surface area (Å²) in [6, 6.07) is 21.2. The van der Waals surface area contributed by atoms with Crippen LogP contribution in [0.2, 0.25) is 0 Å². The molecule has 168 valence electrons. The molecule has 0 bridgehead atoms. The van der Waals surface area contributed by atoms with Gasteiger partial charge in [0, 0.05) is 16.8 Å². The highest BCUT2D eigenvalue weighted by atomic mass is 32.1. The van der Waals surface area contributed by atoms with Crippen molar-refractivity contribution in [3.8, 4) is 16.3 Å². The van der Waals surface area contributed by atoms with Gasteiger partial charge in [0.05, 0.1) is 16.8 Å². The van der Waals surface area contributed by atoms with Gasteiger partial charge in [-0.05, 0) is 85.7 Å². The molecule has 1 aromatic heterocycles. The number of thiocarbonyl (C=S) groups is 1. The predicted molar refractivity (Wildman–Crippen MR) is 140 cm³/mol. The molecular weight excluding hydrogens is 450 g/mol. The molecule has 1 heterocycles. The number of benzene rings is 3. The molecule has 1 amide bonds. The third-order valence-electron chi connectivity index (χ3n) is 5.13. The fourth-order valence-electron chi connectivity index (χ4n) is 3.30. The molecular formula is C26H25N3O2S2. The van der Waals surface area contributed by atoms with E-state index in [-0.39, 0.29) is 11.0 Å². The van der Waals surface area contributed by atoms with Crippen molar-refractivity contribution in [2.45, 2.75) is 26.7 Å². The second-order valence-electron chi connectivity index (χ2n) is 7.65. The van der Waals surface area contributed by atoms with Crippen LogP contribution < -0.4 is 15.4 Å². The van der Waals surface area contributed by atoms with Gasteiger partial charge >= 0.3 is 0 Å². The zero-order valence-electron chi connectivity index (χ0n) is 18.6. The average Bonchev–Trinajstić information content (AvgIpc) is 3.25. The van der Waals surface area contributed by atoms with Crippen LogP contribution in [0.5, 0.6) is 5.75 Å². The van der Waals surface area contributed by atoms with Crippen LogP contribution >= 0.6 is 23.6 Å². The molecule has 5 nitrogen and oxygen atoms in total. The Hall–Kier alpha value is -3.29. The van der Waals surface area contributed by atoms with E-state index in [0.717, 1.165) is 50.6 Å². The predicted octanol–water partition coefficient (Wildman–Crippen LogP) is 6.58. The summed E-state index contributed by atoms with van der Waals surface area (Å²) in [5, 5.41) is 7.08. The lowest BCUT2D eigenvalue weighted by atomic mass is 10.1. The highest BCUT2D eigenvalue weighted by molar-refractivity contribution is 7.80. The zero-order valence-corrected chi connectivity index (χ0v) is 20.2. The van der Waals surface area contributed by atoms with E-state index in [1.807, 2.05) is 37.3 Å². The number of aromatic nitrogens is 1. The van der Waals surface area contributed by atoms with E-state index in [9.17, 15) is 4.79 Å². The van der Waals surface area contributed by atoms with Gasteiger partial charge in [0.15, 0.2) is 5.11 Å². The first-order valence-electron chi connectivity index (χ1n) is 10.9. The number of hydrogen-bond acceptors (Lipinski definition) is 5. The van der Waals surface area contributed by atoms with E-state index in [2.05, 4.69) is 29.7 Å². The van der Waals surface area contributed by atoms with Gasteiger partial charge in [-0.1, -0.05) is 25.5 Å². The van der Waals surface area contributed by atoms with Gasteiger partial charge in [-0.2, -0.15) is 0 Å². The quantitative estimate of drug-likeness (QED) is 0.234. The number of ether oxygens (including phenoxy) is 1. The third-order valence-corrected chi connectivity index (χ3v) is 6.42. The molecule has 33 heavy (non-hydrogen) atoms. The summed E-state index contributed by atoms with van der Waals surface area (Å²) in [5.74, 6) is 0.487. The number of aryl methyl sites for hydroxylation is 1. The topological polar surface area (TPSA) is 63.2 Å². The molecule has 0 aliphatic rings. The number of hydrogen-bond donors (Lipinski definition) is 2. The normalized spacial score (nSPS) is 10.7. The molecule has 2 N–H and O–H groups in total. The van der Waals surface area contributed by atoms with Crippen LogP contribution in [0.3, 0.4) is 0 Å². The van der Waals surface area contributed by atoms with Crippen LogP contribution in [0.4, 0.5) is 5.69 Å². The average molecular weight is 476 g/mol. The summed E-state index contributed by atoms with van der Waals surface area (Å²) < 4.78 is 6.80. The van der Waals surface area contributed by atoms with Crippen LogP contribution in [0.15, 0.2) is 66.7 Å². The first kappa shape index (κ1) is 22.9. The van der Waals surface area contributed by atoms with Gasteiger partial charge in [0.1, 0.15) is 10.8 Å². The Morgan fingerprint density at radius 1 is 1.09 bits per heavy atom. The minimum atomic E-state index is -0.267. The first-order chi connectivity index (χ1) is 16.0. The van der Waals surface area contributed by atoms with Crippen LogP contribution in [0, 0.1) is 6.92 Å². The van der Waals surface area contributed by atoms with Gasteiger partial charge in [-0.15, -0.1) is 11.3 Å². The van der Waals surface area contributed by atoms with Gasteiger partial charge in [-0.25, -0.2) is 4.98 Å². The van der Waals surface area contributed by atoms with Crippen molar-refractivity contribution in [2.24, 2.45) is 0 Å². The van der Waals surface area contributed by atoms with Gasteiger partial charge in [-0.3, -0.25) is 10.1 Å². The first-order valence-corrected chi connectivity index (χ1v) is 12.1. The molecule has 0 radical (unpaired) electrons. The Morgan fingerprint density at radius 3 is 2.61 bits per heavy atom. The molecule has 0 atom stereocenters. The lowest BCUT2D eigenvalue weighted by Gasteiger charge is -2.13. The van der Waals surface area contributed by atoms with Crippen LogP contribution in [0.1, 0.15) is 35.7 Å². The number of carbonyl (C=O) groups excluding carboxylic acids is 1. The van der Waals surface area contributed by atoms with E-state index in [1.54, 1.807) is 35.6 Å². The molecule has 0 aliphatic heterocycles. The standard InChI is InChI=1S/C26H25N3O2S2/c1-3-4-15-31-20-12-9-18(10-13-20)24(30)29-26(32)28-21-14-11-19(16-17(21)2)25-27-22-7-5-6-8-23(22)33-25/h5-14,16H,3-4,15H2,1-2H3,(H2,28,29,30,32). The smallest absolute Gasteiger partial charge is 0.257 e. The largest absolute Gasteiger partial charge is 0.494 e. The Bertz CT molecular complexity index is 1250. The van der Waals surface area contributed by atoms with Crippen molar-refractivity contribution in [3.05, 3.63) is 77.9 Å². The highest BCUT2D eigenvalue weighted by Gasteiger charge is 2.11. The molecule has 4 rings (SSSR count). The number of nitrogens with one attached hydrogen (secondary N) is 2. The second kappa shape index (κ2) is 10.6. The van der Waals surface area contributed by atoms with Crippen LogP contribution in [0.25, 0.3) is 20.8 Å². The fourth-order valence-corrected chi connectivity index (χ4v) is 4.46. The summed E-state index contributed by atoms with van der Waals surface area (Å²) in [5.41, 5.74) is 4.42. The molecule has 0 spiro atoms. The summed E-state index contributed by atoms with van der Waals surface area (Å²) in [6.07, 6.45) is 2.08. The monoisotopic (exact) mass is 475 g/mol. The maximum absolute atomic E-state index is 12.5. The number of nitrogens with zero attached hydrogens (tertiary/aromatic N) is 1. The molecule has 0 fully saturated rings. The zero-order chi connectivity index (χ0) is 23.2. The van der Waals surface area contributed by atoms with Crippen molar-refractivity contribution < 1.29 is 9.53 Å². The Balaban J connectivity index is 1.37. The maximum Gasteiger partial charge on any atom is 0.257 e. The number of anilines is 1. The van der Waals surface area contributed by atoms with Gasteiger partial charge < -0.3 is 10.1 Å². The second-order valence-corrected chi connectivity index (χ2v) is 9.09. The Morgan fingerprint density at radius 2 is 1.88 bits per heavy atom. The number of amides is 1. The van der Waals surface area contributed by atoms with E-state index >= 15 is 0 Å². The minimum Gasteiger partial charge on any atom is -0.494 e. The molecule has 3 aromatic carbocycles. The summed E-state index contributed by atoms with van der Waals surface area (Å²) >= 11 is 7.03. The highest BCUT2D eigenvalue weighted by Crippen LogP contribution is 2.31. The van der Waals surface area contributed by atoms with Crippen LogP contribution in [-0.2, 0) is 0 Å². The van der Waals surface area contributed by atoms with E-state index < -0.39 is 0 Å². The summed E-state index contributed by atoms with van der Waals surface area (Å²) in [4.78, 5) is 17.3. The maximum atomic E-state index is 12.5. The molecule has 0 saturated heterocycles. The van der Waals surface area contributed by atoms with E-state index in [4.69, 9.17) is 21.9 Å². The van der Waals surface area contributed by atoms with E-state index in [1.165, 1.54) is 0 Å². The molecule has 4 aromatic rings. The minimum absolute atomic E-state index is 0.249. The van der Waals surface area contributed by atoms with Crippen molar-refractivity contribution in [1.82, 2.24) is 10.3 Å². The number of unbranched alkanes of at least 4 members (excludes halogenated alkanes) is 1. The third kappa shape index (κ3) is 5.74. The fraction of sp³-hybridized carbons (Fsp3) is 0.192. The van der Waals surface area contributed by atoms with E-state index in [0.29, 0.717) is 12.2 Å². The summed E-state index contributed by atoms with van der Waals surface area (Å²) in [7, 11) is 0. The number of rotatable bonds is 7. The SMILES string of the molecule is CCCCOc1ccc(C(=O)NC(=S)Nc2ccc(-c3nc4ccccc4s3)cc2C)cc1. The van der Waals surface area contributed by atoms with Gasteiger partial charge in [0.2, 0.25) is 0 Å². The van der Waals surface area contributed by atoms with Gasteiger partial charge in [0.25, 0.3) is 5.91 Å². The van der Waals surface area contributed by atoms with Crippen molar-refractivity contribution in [1.29, 1.82) is 0 Å². The number of fused-ring (bicyclic) bond motifs is 1.